The van der Waals surface area contributed by atoms with Gasteiger partial charge in [0.1, 0.15) is 0 Å². The van der Waals surface area contributed by atoms with Gasteiger partial charge in [-0.2, -0.15) is 0 Å². The molecule has 1 aromatic heterocycles. The number of pyridine rings is 1. The Labute approximate surface area is 67.1 Å². The third-order valence-electron chi connectivity index (χ3n) is 1.30. The minimum atomic E-state index is 0.912. The third kappa shape index (κ3) is 2.80. The van der Waals surface area contributed by atoms with Crippen LogP contribution in [-0.2, 0) is 0 Å². The molecule has 0 radical (unpaired) electrons. The van der Waals surface area contributed by atoms with Crippen molar-refractivity contribution >= 4 is 6.08 Å². The number of allylic oxidation sites excluding steroid dienone is 2. The van der Waals surface area contributed by atoms with Gasteiger partial charge in [-0.05, 0) is 18.1 Å². The highest BCUT2D eigenvalue weighted by Crippen LogP contribution is 1.99. The van der Waals surface area contributed by atoms with Gasteiger partial charge in [-0.3, -0.25) is 4.98 Å². The van der Waals surface area contributed by atoms with E-state index in [2.05, 4.69) is 17.6 Å². The van der Waals surface area contributed by atoms with E-state index in [1.54, 1.807) is 6.20 Å². The Morgan fingerprint density at radius 2 is 2.45 bits per heavy atom. The van der Waals surface area contributed by atoms with Gasteiger partial charge in [0.2, 0.25) is 0 Å². The molecule has 0 N–H and O–H groups in total. The lowest BCUT2D eigenvalue weighted by Gasteiger charge is -1.88. The molecule has 0 aliphatic carbocycles. The Kier molecular flexibility index (Phi) is 3.13. The second kappa shape index (κ2) is 4.45. The molecule has 1 heteroatoms. The molecule has 0 bridgehead atoms. The average molecular weight is 145 g/mol. The van der Waals surface area contributed by atoms with Gasteiger partial charge >= 0.3 is 0 Å². The number of rotatable bonds is 3. The van der Waals surface area contributed by atoms with Crippen LogP contribution in [0.15, 0.2) is 43.3 Å². The van der Waals surface area contributed by atoms with Crippen LogP contribution in [0, 0.1) is 0 Å². The summed E-state index contributed by atoms with van der Waals surface area (Å²) in [5.41, 5.74) is 1.13. The fourth-order valence-corrected chi connectivity index (χ4v) is 0.775. The van der Waals surface area contributed by atoms with Crippen molar-refractivity contribution in [3.05, 3.63) is 48.8 Å². The maximum atomic E-state index is 3.99. The highest BCUT2D eigenvalue weighted by Gasteiger charge is 1.80. The largest absolute Gasteiger partial charge is 0.264 e. The summed E-state index contributed by atoms with van der Waals surface area (Å²) in [4.78, 5) is 3.99. The van der Waals surface area contributed by atoms with Gasteiger partial charge in [0, 0.05) is 12.4 Å². The Balaban J connectivity index is 2.57. The number of hydrogen-bond donors (Lipinski definition) is 0. The van der Waals surface area contributed by atoms with E-state index < -0.39 is 0 Å². The van der Waals surface area contributed by atoms with Crippen molar-refractivity contribution in [1.82, 2.24) is 4.98 Å². The molecule has 11 heavy (non-hydrogen) atoms. The Bertz CT molecular complexity index is 236. The maximum Gasteiger partial charge on any atom is 0.0340 e. The zero-order valence-electron chi connectivity index (χ0n) is 6.40. The Hall–Kier alpha value is -1.37. The first-order valence-corrected chi connectivity index (χ1v) is 3.61. The molecule has 0 atom stereocenters. The van der Waals surface area contributed by atoms with Gasteiger partial charge < -0.3 is 0 Å². The fraction of sp³-hybridized carbons (Fsp3) is 0.100. The summed E-state index contributed by atoms with van der Waals surface area (Å²) in [5.74, 6) is 0. The van der Waals surface area contributed by atoms with Crippen LogP contribution in [0.4, 0.5) is 0 Å². The molecule has 0 unspecified atom stereocenters. The number of aromatic nitrogens is 1. The first-order chi connectivity index (χ1) is 5.43. The van der Waals surface area contributed by atoms with Gasteiger partial charge in [-0.1, -0.05) is 24.3 Å². The highest BCUT2D eigenvalue weighted by atomic mass is 14.6. The SMILES string of the molecule is C=CC/C=C/c1cccnc1. The summed E-state index contributed by atoms with van der Waals surface area (Å²) in [6.07, 6.45) is 10.5. The van der Waals surface area contributed by atoms with E-state index in [9.17, 15) is 0 Å². The quantitative estimate of drug-likeness (QED) is 0.596. The van der Waals surface area contributed by atoms with Crippen molar-refractivity contribution in [1.29, 1.82) is 0 Å². The molecule has 0 fully saturated rings. The number of hydrogen-bond acceptors (Lipinski definition) is 1. The predicted molar refractivity (Wildman–Crippen MR) is 48.1 cm³/mol. The zero-order valence-corrected chi connectivity index (χ0v) is 6.40. The van der Waals surface area contributed by atoms with Crippen LogP contribution in [0.3, 0.4) is 0 Å². The molecule has 0 spiro atoms. The third-order valence-corrected chi connectivity index (χ3v) is 1.30. The molecule has 0 aliphatic heterocycles. The van der Waals surface area contributed by atoms with Crippen LogP contribution in [-0.4, -0.2) is 4.98 Å². The van der Waals surface area contributed by atoms with E-state index in [1.807, 2.05) is 30.5 Å². The monoisotopic (exact) mass is 145 g/mol. The van der Waals surface area contributed by atoms with Crippen LogP contribution < -0.4 is 0 Å². The van der Waals surface area contributed by atoms with Crippen molar-refractivity contribution in [3.8, 4) is 0 Å². The lowest BCUT2D eigenvalue weighted by molar-refractivity contribution is 1.31. The normalized spacial score (nSPS) is 10.2. The van der Waals surface area contributed by atoms with E-state index >= 15 is 0 Å². The first kappa shape index (κ1) is 7.73. The van der Waals surface area contributed by atoms with Crippen LogP contribution in [0.1, 0.15) is 12.0 Å². The lowest BCUT2D eigenvalue weighted by Crippen LogP contribution is -1.72. The standard InChI is InChI=1S/C10H11N/c1-2-3-4-6-10-7-5-8-11-9-10/h2,4-9H,1,3H2/b6-4+. The molecule has 0 aromatic carbocycles. The van der Waals surface area contributed by atoms with E-state index in [4.69, 9.17) is 0 Å². The molecule has 0 aliphatic rings. The minimum Gasteiger partial charge on any atom is -0.264 e. The molecule has 56 valence electrons. The van der Waals surface area contributed by atoms with Crippen LogP contribution in [0.25, 0.3) is 6.08 Å². The van der Waals surface area contributed by atoms with Crippen molar-refractivity contribution in [2.45, 2.75) is 6.42 Å². The Morgan fingerprint density at radius 1 is 1.55 bits per heavy atom. The molecule has 0 saturated carbocycles. The van der Waals surface area contributed by atoms with Gasteiger partial charge in [-0.25, -0.2) is 0 Å². The van der Waals surface area contributed by atoms with Crippen molar-refractivity contribution in [2.24, 2.45) is 0 Å². The van der Waals surface area contributed by atoms with Gasteiger partial charge in [0.25, 0.3) is 0 Å². The highest BCUT2D eigenvalue weighted by molar-refractivity contribution is 5.47. The van der Waals surface area contributed by atoms with Crippen molar-refractivity contribution < 1.29 is 0 Å². The molecule has 0 saturated heterocycles. The van der Waals surface area contributed by atoms with Crippen LogP contribution in [0.5, 0.6) is 0 Å². The summed E-state index contributed by atoms with van der Waals surface area (Å²) in [5, 5.41) is 0. The molecule has 1 rings (SSSR count). The van der Waals surface area contributed by atoms with Gasteiger partial charge in [0.05, 0.1) is 0 Å². The predicted octanol–water partition coefficient (Wildman–Crippen LogP) is 2.67. The van der Waals surface area contributed by atoms with Crippen molar-refractivity contribution in [3.63, 3.8) is 0 Å². The van der Waals surface area contributed by atoms with Gasteiger partial charge in [0.15, 0.2) is 0 Å². The smallest absolute Gasteiger partial charge is 0.0340 e. The van der Waals surface area contributed by atoms with E-state index in [0.29, 0.717) is 0 Å². The summed E-state index contributed by atoms with van der Waals surface area (Å²) in [7, 11) is 0. The fourth-order valence-electron chi connectivity index (χ4n) is 0.775. The van der Waals surface area contributed by atoms with E-state index in [0.717, 1.165) is 12.0 Å². The average Bonchev–Trinajstić information content (AvgIpc) is 2.07. The topological polar surface area (TPSA) is 12.9 Å². The maximum absolute atomic E-state index is 3.99. The second-order valence-electron chi connectivity index (χ2n) is 2.21. The number of nitrogens with zero attached hydrogens (tertiary/aromatic N) is 1. The van der Waals surface area contributed by atoms with E-state index in [1.165, 1.54) is 0 Å². The van der Waals surface area contributed by atoms with Crippen molar-refractivity contribution in [2.75, 3.05) is 0 Å². The summed E-state index contributed by atoms with van der Waals surface area (Å²) in [6, 6.07) is 3.94. The Morgan fingerprint density at radius 3 is 3.09 bits per heavy atom. The molecule has 1 nitrogen and oxygen atoms in total. The van der Waals surface area contributed by atoms with Crippen LogP contribution in [0.2, 0.25) is 0 Å². The summed E-state index contributed by atoms with van der Waals surface area (Å²) >= 11 is 0. The molecule has 1 heterocycles. The molecular formula is C10H11N. The molecule has 1 aromatic rings. The minimum absolute atomic E-state index is 0.912. The second-order valence-corrected chi connectivity index (χ2v) is 2.21. The molecular weight excluding hydrogens is 134 g/mol. The van der Waals surface area contributed by atoms with Gasteiger partial charge in [-0.15, -0.1) is 6.58 Å². The summed E-state index contributed by atoms with van der Waals surface area (Å²) < 4.78 is 0. The molecule has 0 amide bonds. The van der Waals surface area contributed by atoms with E-state index in [-0.39, 0.29) is 0 Å². The first-order valence-electron chi connectivity index (χ1n) is 3.61. The zero-order chi connectivity index (χ0) is 7.94. The van der Waals surface area contributed by atoms with Crippen LogP contribution >= 0.6 is 0 Å². The summed E-state index contributed by atoms with van der Waals surface area (Å²) in [6.45, 7) is 3.62. The lowest BCUT2D eigenvalue weighted by atomic mass is 10.2.